The molecule has 0 spiro atoms. The van der Waals surface area contributed by atoms with Crippen LogP contribution in [-0.4, -0.2) is 43.4 Å². The summed E-state index contributed by atoms with van der Waals surface area (Å²) in [7, 11) is 1.65. The third-order valence-corrected chi connectivity index (χ3v) is 4.79. The van der Waals surface area contributed by atoms with E-state index in [9.17, 15) is 0 Å². The number of ether oxygens (including phenoxy) is 3. The third-order valence-electron chi connectivity index (χ3n) is 4.79. The SMILES string of the molecule is CCNC(=NCc1ccc(OCCOC)nc1)NC1CC(C)(C)Oc2ccccc21. The molecule has 0 saturated carbocycles. The quantitative estimate of drug-likeness (QED) is 0.393. The Hall–Kier alpha value is -2.80. The molecule has 3 rings (SSSR count). The molecule has 30 heavy (non-hydrogen) atoms. The van der Waals surface area contributed by atoms with Crippen molar-refractivity contribution in [2.24, 2.45) is 4.99 Å². The fourth-order valence-corrected chi connectivity index (χ4v) is 3.41. The molecule has 2 aromatic rings. The standard InChI is InChI=1S/C23H32N4O3/c1-5-24-22(26-16-17-10-11-21(25-15-17)29-13-12-28-4)27-19-14-23(2,3)30-20-9-7-6-8-18(19)20/h6-11,15,19H,5,12-14,16H2,1-4H3,(H2,24,26,27). The topological polar surface area (TPSA) is 77.0 Å². The van der Waals surface area contributed by atoms with Gasteiger partial charge in [-0.25, -0.2) is 9.98 Å². The highest BCUT2D eigenvalue weighted by Crippen LogP contribution is 2.39. The zero-order valence-corrected chi connectivity index (χ0v) is 18.3. The van der Waals surface area contributed by atoms with Crippen LogP contribution in [0.3, 0.4) is 0 Å². The van der Waals surface area contributed by atoms with Crippen molar-refractivity contribution in [3.05, 3.63) is 53.7 Å². The predicted molar refractivity (Wildman–Crippen MR) is 118 cm³/mol. The van der Waals surface area contributed by atoms with E-state index < -0.39 is 0 Å². The number of nitrogens with zero attached hydrogens (tertiary/aromatic N) is 2. The fourth-order valence-electron chi connectivity index (χ4n) is 3.41. The highest BCUT2D eigenvalue weighted by molar-refractivity contribution is 5.80. The number of fused-ring (bicyclic) bond motifs is 1. The smallest absolute Gasteiger partial charge is 0.213 e. The van der Waals surface area contributed by atoms with Crippen molar-refractivity contribution < 1.29 is 14.2 Å². The van der Waals surface area contributed by atoms with E-state index in [1.165, 1.54) is 0 Å². The lowest BCUT2D eigenvalue weighted by Crippen LogP contribution is -2.45. The van der Waals surface area contributed by atoms with Crippen molar-refractivity contribution >= 4 is 5.96 Å². The first-order valence-electron chi connectivity index (χ1n) is 10.4. The van der Waals surface area contributed by atoms with Crippen LogP contribution < -0.4 is 20.1 Å². The number of guanidine groups is 1. The molecule has 0 radical (unpaired) electrons. The zero-order valence-electron chi connectivity index (χ0n) is 18.3. The molecule has 1 aromatic carbocycles. The highest BCUT2D eigenvalue weighted by atomic mass is 16.5. The minimum Gasteiger partial charge on any atom is -0.487 e. The summed E-state index contributed by atoms with van der Waals surface area (Å²) in [5.74, 6) is 2.29. The van der Waals surface area contributed by atoms with Crippen LogP contribution in [0.25, 0.3) is 0 Å². The number of benzene rings is 1. The largest absolute Gasteiger partial charge is 0.487 e. The van der Waals surface area contributed by atoms with Crippen molar-refractivity contribution in [1.82, 2.24) is 15.6 Å². The Morgan fingerprint density at radius 1 is 1.23 bits per heavy atom. The van der Waals surface area contributed by atoms with E-state index in [0.29, 0.717) is 25.6 Å². The number of methoxy groups -OCH3 is 1. The van der Waals surface area contributed by atoms with Gasteiger partial charge in [0, 0.05) is 37.9 Å². The Balaban J connectivity index is 1.68. The summed E-state index contributed by atoms with van der Waals surface area (Å²) < 4.78 is 16.6. The summed E-state index contributed by atoms with van der Waals surface area (Å²) in [6, 6.07) is 12.1. The lowest BCUT2D eigenvalue weighted by Gasteiger charge is -2.38. The average molecular weight is 413 g/mol. The van der Waals surface area contributed by atoms with Crippen LogP contribution in [0, 0.1) is 0 Å². The molecule has 1 aromatic heterocycles. The van der Waals surface area contributed by atoms with E-state index in [1.54, 1.807) is 13.3 Å². The molecule has 0 fully saturated rings. The van der Waals surface area contributed by atoms with Crippen LogP contribution in [0.15, 0.2) is 47.6 Å². The minimum absolute atomic E-state index is 0.123. The summed E-state index contributed by atoms with van der Waals surface area (Å²) in [4.78, 5) is 9.09. The number of hydrogen-bond donors (Lipinski definition) is 2. The molecular formula is C23H32N4O3. The first-order valence-corrected chi connectivity index (χ1v) is 10.4. The molecule has 1 aliphatic rings. The van der Waals surface area contributed by atoms with E-state index in [-0.39, 0.29) is 11.6 Å². The van der Waals surface area contributed by atoms with Crippen LogP contribution >= 0.6 is 0 Å². The number of pyridine rings is 1. The Morgan fingerprint density at radius 3 is 2.80 bits per heavy atom. The summed E-state index contributed by atoms with van der Waals surface area (Å²) in [6.07, 6.45) is 2.64. The molecule has 1 unspecified atom stereocenters. The fraction of sp³-hybridized carbons (Fsp3) is 0.478. The number of aliphatic imine (C=N–C) groups is 1. The number of rotatable bonds is 8. The normalized spacial score (nSPS) is 17.6. The van der Waals surface area contributed by atoms with Gasteiger partial charge in [-0.2, -0.15) is 0 Å². The first kappa shape index (κ1) is 21.9. The van der Waals surface area contributed by atoms with Crippen molar-refractivity contribution in [3.63, 3.8) is 0 Å². The molecule has 7 nitrogen and oxygen atoms in total. The molecule has 7 heteroatoms. The van der Waals surface area contributed by atoms with Gasteiger partial charge in [-0.1, -0.05) is 24.3 Å². The second kappa shape index (κ2) is 10.3. The van der Waals surface area contributed by atoms with Crippen LogP contribution in [-0.2, 0) is 11.3 Å². The molecule has 0 amide bonds. The average Bonchev–Trinajstić information content (AvgIpc) is 2.72. The summed E-state index contributed by atoms with van der Waals surface area (Å²) >= 11 is 0. The molecule has 0 saturated heterocycles. The van der Waals surface area contributed by atoms with Gasteiger partial charge in [-0.3, -0.25) is 0 Å². The van der Waals surface area contributed by atoms with Gasteiger partial charge >= 0.3 is 0 Å². The van der Waals surface area contributed by atoms with Crippen LogP contribution in [0.5, 0.6) is 11.6 Å². The lowest BCUT2D eigenvalue weighted by molar-refractivity contribution is 0.0694. The number of hydrogen-bond acceptors (Lipinski definition) is 5. The molecular weight excluding hydrogens is 380 g/mol. The maximum atomic E-state index is 6.14. The summed E-state index contributed by atoms with van der Waals surface area (Å²) in [6.45, 7) is 8.62. The minimum atomic E-state index is -0.244. The Kier molecular flexibility index (Phi) is 7.52. The molecule has 2 N–H and O–H groups in total. The monoisotopic (exact) mass is 412 g/mol. The Labute approximate surface area is 178 Å². The molecule has 2 heterocycles. The van der Waals surface area contributed by atoms with Crippen LogP contribution in [0.4, 0.5) is 0 Å². The molecule has 0 aliphatic carbocycles. The first-order chi connectivity index (χ1) is 14.5. The van der Waals surface area contributed by atoms with Crippen molar-refractivity contribution in [1.29, 1.82) is 0 Å². The van der Waals surface area contributed by atoms with Gasteiger partial charge in [0.2, 0.25) is 5.88 Å². The van der Waals surface area contributed by atoms with E-state index >= 15 is 0 Å². The third kappa shape index (κ3) is 6.10. The van der Waals surface area contributed by atoms with E-state index in [0.717, 1.165) is 35.8 Å². The van der Waals surface area contributed by atoms with Gasteiger partial charge in [0.15, 0.2) is 5.96 Å². The van der Waals surface area contributed by atoms with Gasteiger partial charge in [-0.15, -0.1) is 0 Å². The van der Waals surface area contributed by atoms with Gasteiger partial charge in [0.1, 0.15) is 18.0 Å². The molecule has 1 aliphatic heterocycles. The van der Waals surface area contributed by atoms with Gasteiger partial charge in [0.25, 0.3) is 0 Å². The number of nitrogens with one attached hydrogen (secondary N) is 2. The number of para-hydroxylation sites is 1. The van der Waals surface area contributed by atoms with Crippen molar-refractivity contribution in [2.75, 3.05) is 26.9 Å². The molecule has 0 bridgehead atoms. The second-order valence-corrected chi connectivity index (χ2v) is 7.84. The maximum Gasteiger partial charge on any atom is 0.213 e. The summed E-state index contributed by atoms with van der Waals surface area (Å²) in [5.41, 5.74) is 1.92. The predicted octanol–water partition coefficient (Wildman–Crippen LogP) is 3.46. The maximum absolute atomic E-state index is 6.14. The summed E-state index contributed by atoms with van der Waals surface area (Å²) in [5, 5.41) is 6.93. The lowest BCUT2D eigenvalue weighted by atomic mass is 9.90. The van der Waals surface area contributed by atoms with Crippen molar-refractivity contribution in [3.8, 4) is 11.6 Å². The van der Waals surface area contributed by atoms with Crippen LogP contribution in [0.2, 0.25) is 0 Å². The zero-order chi connectivity index (χ0) is 21.4. The Bertz CT molecular complexity index is 837. The van der Waals surface area contributed by atoms with Gasteiger partial charge in [-0.05, 0) is 32.4 Å². The van der Waals surface area contributed by atoms with Crippen LogP contribution in [0.1, 0.15) is 44.4 Å². The second-order valence-electron chi connectivity index (χ2n) is 7.84. The highest BCUT2D eigenvalue weighted by Gasteiger charge is 2.33. The Morgan fingerprint density at radius 2 is 2.07 bits per heavy atom. The van der Waals surface area contributed by atoms with E-state index in [4.69, 9.17) is 19.2 Å². The van der Waals surface area contributed by atoms with E-state index in [1.807, 2.05) is 30.3 Å². The van der Waals surface area contributed by atoms with Crippen molar-refractivity contribution in [2.45, 2.75) is 45.4 Å². The number of aromatic nitrogens is 1. The molecule has 1 atom stereocenters. The van der Waals surface area contributed by atoms with E-state index in [2.05, 4.69) is 42.5 Å². The van der Waals surface area contributed by atoms with Gasteiger partial charge in [0.05, 0.1) is 19.2 Å². The molecule has 162 valence electrons. The van der Waals surface area contributed by atoms with Gasteiger partial charge < -0.3 is 24.8 Å².